The summed E-state index contributed by atoms with van der Waals surface area (Å²) in [7, 11) is 1.84. The van der Waals surface area contributed by atoms with Crippen LogP contribution in [0.2, 0.25) is 0 Å². The minimum atomic E-state index is 0. The Labute approximate surface area is 99.1 Å². The van der Waals surface area contributed by atoms with Crippen molar-refractivity contribution in [3.05, 3.63) is 5.32 Å². The van der Waals surface area contributed by atoms with Gasteiger partial charge < -0.3 is 10.1 Å². The van der Waals surface area contributed by atoms with Crippen LogP contribution in [0.5, 0.6) is 0 Å². The molecule has 1 aliphatic heterocycles. The average Bonchev–Trinajstić information content (AvgIpc) is 2.19. The van der Waals surface area contributed by atoms with Gasteiger partial charge in [-0.25, -0.2) is 0 Å². The summed E-state index contributed by atoms with van der Waals surface area (Å²) in [6.45, 7) is 1.83. The van der Waals surface area contributed by atoms with Crippen molar-refractivity contribution in [2.75, 3.05) is 20.2 Å². The predicted molar refractivity (Wildman–Crippen MR) is 33.1 cm³/mol. The Bertz CT molecular complexity index is 64.1. The van der Waals surface area contributed by atoms with E-state index in [0.717, 1.165) is 13.2 Å². The third-order valence-corrected chi connectivity index (χ3v) is 1.41. The molecule has 0 saturated carbocycles. The van der Waals surface area contributed by atoms with Gasteiger partial charge in [0.15, 0.2) is 0 Å². The molecule has 9 heavy (non-hydrogen) atoms. The molecule has 2 nitrogen and oxygen atoms in total. The molecule has 0 amide bonds. The number of rotatable bonds is 2. The summed E-state index contributed by atoms with van der Waals surface area (Å²) in [5.41, 5.74) is 0. The van der Waals surface area contributed by atoms with E-state index >= 15 is 0 Å². The third-order valence-electron chi connectivity index (χ3n) is 1.41. The van der Waals surface area contributed by atoms with E-state index in [9.17, 15) is 0 Å². The molecule has 1 atom stereocenters. The van der Waals surface area contributed by atoms with Gasteiger partial charge in [-0.05, 0) is 12.8 Å². The Kier molecular flexibility index (Phi) is 7.36. The van der Waals surface area contributed by atoms with Crippen molar-refractivity contribution < 1.29 is 56.1 Å². The quantitative estimate of drug-likeness (QED) is 0.428. The van der Waals surface area contributed by atoms with Gasteiger partial charge in [0.1, 0.15) is 0 Å². The van der Waals surface area contributed by atoms with E-state index in [1.165, 1.54) is 12.8 Å². The zero-order valence-electron chi connectivity index (χ0n) is 6.26. The van der Waals surface area contributed by atoms with Gasteiger partial charge in [0.25, 0.3) is 0 Å². The first-order chi connectivity index (χ1) is 3.93. The maximum Gasteiger partial charge on any atom is 1.00 e. The van der Waals surface area contributed by atoms with Gasteiger partial charge in [-0.15, -0.1) is 6.54 Å². The second-order valence-corrected chi connectivity index (χ2v) is 2.13. The summed E-state index contributed by atoms with van der Waals surface area (Å²) in [4.78, 5) is 0. The van der Waals surface area contributed by atoms with Gasteiger partial charge in [0, 0.05) is 12.7 Å². The summed E-state index contributed by atoms with van der Waals surface area (Å²) < 4.78 is 5.30. The zero-order valence-corrected chi connectivity index (χ0v) is 9.38. The van der Waals surface area contributed by atoms with Crippen LogP contribution in [0.4, 0.5) is 0 Å². The van der Waals surface area contributed by atoms with Crippen molar-refractivity contribution in [2.45, 2.75) is 18.9 Å². The molecule has 1 aliphatic rings. The maximum atomic E-state index is 5.30. The van der Waals surface area contributed by atoms with Crippen LogP contribution in [-0.4, -0.2) is 26.3 Å². The molecular formula is C6H12KNO. The Morgan fingerprint density at radius 1 is 1.67 bits per heavy atom. The first-order valence-electron chi connectivity index (χ1n) is 3.10. The molecular weight excluding hydrogens is 141 g/mol. The number of hydrogen-bond acceptors (Lipinski definition) is 1. The fourth-order valence-corrected chi connectivity index (χ4v) is 0.992. The van der Waals surface area contributed by atoms with Crippen LogP contribution < -0.4 is 51.4 Å². The summed E-state index contributed by atoms with van der Waals surface area (Å²) in [5, 5.41) is 3.99. The van der Waals surface area contributed by atoms with E-state index in [4.69, 9.17) is 4.74 Å². The third kappa shape index (κ3) is 4.09. The van der Waals surface area contributed by atoms with Crippen LogP contribution in [-0.2, 0) is 4.74 Å². The minimum Gasteiger partial charge on any atom is -0.663 e. The van der Waals surface area contributed by atoms with Gasteiger partial charge in [0.05, 0.1) is 0 Å². The van der Waals surface area contributed by atoms with Crippen molar-refractivity contribution in [3.8, 4) is 0 Å². The van der Waals surface area contributed by atoms with E-state index in [2.05, 4.69) is 5.32 Å². The van der Waals surface area contributed by atoms with Crippen LogP contribution in [0, 0.1) is 0 Å². The van der Waals surface area contributed by atoms with Crippen molar-refractivity contribution in [3.63, 3.8) is 0 Å². The summed E-state index contributed by atoms with van der Waals surface area (Å²) in [5.74, 6) is 0. The van der Waals surface area contributed by atoms with Crippen LogP contribution in [0.15, 0.2) is 0 Å². The van der Waals surface area contributed by atoms with Gasteiger partial charge in [-0.1, -0.05) is 0 Å². The minimum absolute atomic E-state index is 0. The van der Waals surface area contributed by atoms with E-state index in [-0.39, 0.29) is 51.4 Å². The molecule has 1 unspecified atom stereocenters. The molecule has 1 saturated heterocycles. The Morgan fingerprint density at radius 3 is 2.89 bits per heavy atom. The molecule has 0 spiro atoms. The van der Waals surface area contributed by atoms with E-state index < -0.39 is 0 Å². The molecule has 0 aromatic heterocycles. The van der Waals surface area contributed by atoms with Crippen LogP contribution in [0.3, 0.4) is 0 Å². The van der Waals surface area contributed by atoms with Crippen LogP contribution >= 0.6 is 0 Å². The van der Waals surface area contributed by atoms with Crippen molar-refractivity contribution in [1.82, 2.24) is 0 Å². The number of hydrogen-bond donors (Lipinski definition) is 0. The molecule has 1 fully saturated rings. The normalized spacial score (nSPS) is 25.7. The standard InChI is InChI=1S/C6H12NO.K/c1-7-5-6-3-2-4-8-6;/h6H,2-5H2,1H3;/q-1;+1. The summed E-state index contributed by atoms with van der Waals surface area (Å²) >= 11 is 0. The first-order valence-corrected chi connectivity index (χ1v) is 3.10. The molecule has 1 rings (SSSR count). The molecule has 0 bridgehead atoms. The molecule has 0 radical (unpaired) electrons. The number of likely N-dealkylation sites (N-methyl/N-ethyl adjacent to an activating group) is 1. The maximum absolute atomic E-state index is 5.30. The molecule has 0 aromatic carbocycles. The summed E-state index contributed by atoms with van der Waals surface area (Å²) in [6, 6.07) is 0. The van der Waals surface area contributed by atoms with Gasteiger partial charge in [0.2, 0.25) is 0 Å². The Morgan fingerprint density at radius 2 is 2.44 bits per heavy atom. The van der Waals surface area contributed by atoms with E-state index in [1.54, 1.807) is 0 Å². The second-order valence-electron chi connectivity index (χ2n) is 2.13. The van der Waals surface area contributed by atoms with E-state index in [1.807, 2.05) is 7.05 Å². The van der Waals surface area contributed by atoms with Gasteiger partial charge >= 0.3 is 51.4 Å². The largest absolute Gasteiger partial charge is 1.00 e. The SMILES string of the molecule is C[N-]CC1CCCO1.[K+]. The monoisotopic (exact) mass is 153 g/mol. The first kappa shape index (κ1) is 10.6. The molecule has 3 heteroatoms. The average molecular weight is 153 g/mol. The van der Waals surface area contributed by atoms with E-state index in [0.29, 0.717) is 6.10 Å². The number of nitrogens with zero attached hydrogens (tertiary/aromatic N) is 1. The van der Waals surface area contributed by atoms with Gasteiger partial charge in [-0.3, -0.25) is 0 Å². The molecule has 0 N–H and O–H groups in total. The van der Waals surface area contributed by atoms with Crippen molar-refractivity contribution >= 4 is 0 Å². The molecule has 1 heterocycles. The summed E-state index contributed by atoms with van der Waals surface area (Å²) in [6.07, 6.45) is 2.87. The number of ether oxygens (including phenoxy) is 1. The van der Waals surface area contributed by atoms with Crippen LogP contribution in [0.1, 0.15) is 12.8 Å². The van der Waals surface area contributed by atoms with Crippen molar-refractivity contribution in [2.24, 2.45) is 0 Å². The Balaban J connectivity index is 0.000000640. The fraction of sp³-hybridized carbons (Fsp3) is 1.00. The topological polar surface area (TPSA) is 23.3 Å². The second kappa shape index (κ2) is 6.28. The van der Waals surface area contributed by atoms with Crippen LogP contribution in [0.25, 0.3) is 5.32 Å². The van der Waals surface area contributed by atoms with Gasteiger partial charge in [-0.2, -0.15) is 7.05 Å². The smallest absolute Gasteiger partial charge is 0.663 e. The Hall–Kier alpha value is 1.56. The predicted octanol–water partition coefficient (Wildman–Crippen LogP) is -1.83. The molecule has 0 aromatic rings. The van der Waals surface area contributed by atoms with Crippen molar-refractivity contribution in [1.29, 1.82) is 0 Å². The fourth-order valence-electron chi connectivity index (χ4n) is 0.992. The zero-order chi connectivity index (χ0) is 5.82. The molecule has 48 valence electrons. The molecule has 0 aliphatic carbocycles.